The van der Waals surface area contributed by atoms with Crippen molar-refractivity contribution in [3.63, 3.8) is 0 Å². The Bertz CT molecular complexity index is 61.4. The molecular formula is C5H11NS2. The average Bonchev–Trinajstić information content (AvgIpc) is 1.90. The second-order valence-corrected chi connectivity index (χ2v) is 3.24. The van der Waals surface area contributed by atoms with Gasteiger partial charge in [-0.2, -0.15) is 0 Å². The molecule has 1 fully saturated rings. The zero-order valence-corrected chi connectivity index (χ0v) is 6.55. The molecule has 1 saturated heterocycles. The standard InChI is InChI=1S/C5H11NS2/c7-8-6-4-2-1-3-5-6/h7H,1-5H2. The van der Waals surface area contributed by atoms with E-state index in [0.717, 1.165) is 0 Å². The van der Waals surface area contributed by atoms with Gasteiger partial charge in [0, 0.05) is 13.1 Å². The molecule has 0 N–H and O–H groups in total. The lowest BCUT2D eigenvalue weighted by Crippen LogP contribution is -2.21. The van der Waals surface area contributed by atoms with E-state index in [2.05, 4.69) is 16.0 Å². The van der Waals surface area contributed by atoms with Gasteiger partial charge in [0.2, 0.25) is 0 Å². The molecular weight excluding hydrogens is 138 g/mol. The summed E-state index contributed by atoms with van der Waals surface area (Å²) in [6.07, 6.45) is 4.12. The summed E-state index contributed by atoms with van der Waals surface area (Å²) >= 11 is 4.11. The molecule has 0 spiro atoms. The molecule has 1 rings (SSSR count). The molecule has 0 atom stereocenters. The van der Waals surface area contributed by atoms with Gasteiger partial charge in [-0.15, -0.1) is 0 Å². The van der Waals surface area contributed by atoms with Crippen molar-refractivity contribution in [2.75, 3.05) is 13.1 Å². The van der Waals surface area contributed by atoms with Crippen molar-refractivity contribution in [2.45, 2.75) is 19.3 Å². The third-order valence-corrected chi connectivity index (χ3v) is 2.72. The van der Waals surface area contributed by atoms with Crippen LogP contribution in [0, 0.1) is 0 Å². The molecule has 48 valence electrons. The van der Waals surface area contributed by atoms with E-state index >= 15 is 0 Å². The Morgan fingerprint density at radius 1 is 1.12 bits per heavy atom. The van der Waals surface area contributed by atoms with Crippen LogP contribution in [0.1, 0.15) is 19.3 Å². The van der Waals surface area contributed by atoms with E-state index < -0.39 is 0 Å². The highest BCUT2D eigenvalue weighted by atomic mass is 33.1. The summed E-state index contributed by atoms with van der Waals surface area (Å²) in [7, 11) is 1.57. The van der Waals surface area contributed by atoms with Gasteiger partial charge in [-0.3, -0.25) is 0 Å². The molecule has 1 aliphatic rings. The largest absolute Gasteiger partial charge is 0.241 e. The van der Waals surface area contributed by atoms with E-state index in [4.69, 9.17) is 0 Å². The third-order valence-electron chi connectivity index (χ3n) is 1.43. The van der Waals surface area contributed by atoms with Gasteiger partial charge in [-0.1, -0.05) is 18.1 Å². The van der Waals surface area contributed by atoms with Gasteiger partial charge in [0.05, 0.1) is 0 Å². The maximum absolute atomic E-state index is 4.11. The van der Waals surface area contributed by atoms with Crippen molar-refractivity contribution >= 4 is 22.6 Å². The predicted octanol–water partition coefficient (Wildman–Crippen LogP) is 1.97. The summed E-state index contributed by atoms with van der Waals surface area (Å²) in [5.74, 6) is 0. The van der Waals surface area contributed by atoms with Crippen molar-refractivity contribution < 1.29 is 0 Å². The lowest BCUT2D eigenvalue weighted by molar-refractivity contribution is 0.384. The summed E-state index contributed by atoms with van der Waals surface area (Å²) in [5, 5.41) is 0. The number of hydrogen-bond donors (Lipinski definition) is 1. The second kappa shape index (κ2) is 3.64. The Labute approximate surface area is 59.8 Å². The minimum absolute atomic E-state index is 1.23. The van der Waals surface area contributed by atoms with Gasteiger partial charge < -0.3 is 0 Å². The minimum atomic E-state index is 1.23. The zero-order chi connectivity index (χ0) is 5.82. The fourth-order valence-electron chi connectivity index (χ4n) is 0.947. The van der Waals surface area contributed by atoms with Crippen LogP contribution in [-0.2, 0) is 0 Å². The van der Waals surface area contributed by atoms with E-state index in [9.17, 15) is 0 Å². The molecule has 1 aliphatic heterocycles. The molecule has 0 radical (unpaired) electrons. The lowest BCUT2D eigenvalue weighted by atomic mass is 10.2. The van der Waals surface area contributed by atoms with Crippen molar-refractivity contribution in [3.05, 3.63) is 0 Å². The molecule has 1 nitrogen and oxygen atoms in total. The molecule has 0 aromatic heterocycles. The predicted molar refractivity (Wildman–Crippen MR) is 42.0 cm³/mol. The molecule has 8 heavy (non-hydrogen) atoms. The molecule has 0 saturated carbocycles. The summed E-state index contributed by atoms with van der Waals surface area (Å²) in [5.41, 5.74) is 0. The first kappa shape index (κ1) is 6.78. The Balaban J connectivity index is 2.13. The first-order valence-electron chi connectivity index (χ1n) is 3.00. The smallest absolute Gasteiger partial charge is 0.00971 e. The van der Waals surface area contributed by atoms with Crippen molar-refractivity contribution in [1.29, 1.82) is 0 Å². The van der Waals surface area contributed by atoms with Crippen LogP contribution >= 0.6 is 22.6 Å². The number of thiol groups is 1. The van der Waals surface area contributed by atoms with E-state index in [1.54, 1.807) is 11.0 Å². The average molecular weight is 149 g/mol. The maximum Gasteiger partial charge on any atom is 0.00971 e. The van der Waals surface area contributed by atoms with Gasteiger partial charge >= 0.3 is 0 Å². The third kappa shape index (κ3) is 1.88. The van der Waals surface area contributed by atoms with Crippen molar-refractivity contribution in [2.24, 2.45) is 0 Å². The Morgan fingerprint density at radius 2 is 1.75 bits per heavy atom. The fourth-order valence-corrected chi connectivity index (χ4v) is 1.86. The molecule has 0 aromatic carbocycles. The lowest BCUT2D eigenvalue weighted by Gasteiger charge is -2.22. The van der Waals surface area contributed by atoms with Crippen molar-refractivity contribution in [1.82, 2.24) is 4.31 Å². The van der Waals surface area contributed by atoms with Gasteiger partial charge in [0.15, 0.2) is 0 Å². The Morgan fingerprint density at radius 3 is 2.12 bits per heavy atom. The molecule has 0 amide bonds. The van der Waals surface area contributed by atoms with Crippen LogP contribution in [0.15, 0.2) is 0 Å². The van der Waals surface area contributed by atoms with Crippen LogP contribution in [0.25, 0.3) is 0 Å². The molecule has 1 heterocycles. The minimum Gasteiger partial charge on any atom is -0.241 e. The summed E-state index contributed by atoms with van der Waals surface area (Å²) in [6, 6.07) is 0. The first-order valence-corrected chi connectivity index (χ1v) is 4.82. The highest BCUT2D eigenvalue weighted by molar-refractivity contribution is 8.67. The van der Waals surface area contributed by atoms with Crippen LogP contribution in [0.4, 0.5) is 0 Å². The van der Waals surface area contributed by atoms with Crippen LogP contribution in [0.3, 0.4) is 0 Å². The fraction of sp³-hybridized carbons (Fsp3) is 1.00. The first-order chi connectivity index (χ1) is 3.93. The van der Waals surface area contributed by atoms with E-state index in [1.165, 1.54) is 32.4 Å². The number of rotatable bonds is 1. The SMILES string of the molecule is SSN1CCCCC1. The number of piperidine rings is 1. The van der Waals surface area contributed by atoms with E-state index in [-0.39, 0.29) is 0 Å². The molecule has 0 aromatic rings. The van der Waals surface area contributed by atoms with Gasteiger partial charge in [-0.25, -0.2) is 4.31 Å². The highest BCUT2D eigenvalue weighted by Crippen LogP contribution is 2.19. The van der Waals surface area contributed by atoms with Gasteiger partial charge in [-0.05, 0) is 23.8 Å². The molecule has 0 bridgehead atoms. The quantitative estimate of drug-likeness (QED) is 0.345. The van der Waals surface area contributed by atoms with Crippen LogP contribution < -0.4 is 0 Å². The summed E-state index contributed by atoms with van der Waals surface area (Å²) in [4.78, 5) is 0. The van der Waals surface area contributed by atoms with E-state index in [1.807, 2.05) is 0 Å². The van der Waals surface area contributed by atoms with Gasteiger partial charge in [0.1, 0.15) is 0 Å². The second-order valence-electron chi connectivity index (χ2n) is 2.07. The Kier molecular flexibility index (Phi) is 3.08. The normalized spacial score (nSPS) is 23.6. The summed E-state index contributed by atoms with van der Waals surface area (Å²) < 4.78 is 2.30. The highest BCUT2D eigenvalue weighted by Gasteiger charge is 2.07. The van der Waals surface area contributed by atoms with Crippen LogP contribution in [-0.4, -0.2) is 17.4 Å². The topological polar surface area (TPSA) is 3.24 Å². The van der Waals surface area contributed by atoms with Crippen LogP contribution in [0.2, 0.25) is 0 Å². The molecule has 0 aliphatic carbocycles. The van der Waals surface area contributed by atoms with Crippen molar-refractivity contribution in [3.8, 4) is 0 Å². The summed E-state index contributed by atoms with van der Waals surface area (Å²) in [6.45, 7) is 2.46. The number of hydrogen-bond acceptors (Lipinski definition) is 3. The molecule has 3 heteroatoms. The zero-order valence-electron chi connectivity index (χ0n) is 4.84. The number of nitrogens with zero attached hydrogens (tertiary/aromatic N) is 1. The van der Waals surface area contributed by atoms with E-state index in [0.29, 0.717) is 0 Å². The Hall–Kier alpha value is 0.660. The molecule has 0 unspecified atom stereocenters. The maximum atomic E-state index is 4.11. The van der Waals surface area contributed by atoms with Crippen LogP contribution in [0.5, 0.6) is 0 Å². The van der Waals surface area contributed by atoms with Gasteiger partial charge in [0.25, 0.3) is 0 Å². The monoisotopic (exact) mass is 149 g/mol.